The summed E-state index contributed by atoms with van der Waals surface area (Å²) < 4.78 is 0. The van der Waals surface area contributed by atoms with E-state index in [0.29, 0.717) is 13.0 Å². The molecule has 1 atom stereocenters. The summed E-state index contributed by atoms with van der Waals surface area (Å²) in [6.45, 7) is 6.41. The van der Waals surface area contributed by atoms with Gasteiger partial charge in [-0.2, -0.15) is 0 Å². The van der Waals surface area contributed by atoms with E-state index in [1.165, 1.54) is 0 Å². The minimum absolute atomic E-state index is 0.135. The standard InChI is InChI=1S/C12H14N2O/c1-3-10-6-12(15)14(8-10)11-5-4-9(2)7-13-11/h3-5,7,10H,1,6,8H2,2H3. The highest BCUT2D eigenvalue weighted by molar-refractivity contribution is 5.95. The molecule has 0 N–H and O–H groups in total. The number of aromatic nitrogens is 1. The number of carbonyl (C=O) groups is 1. The Hall–Kier alpha value is -1.64. The zero-order valence-corrected chi connectivity index (χ0v) is 8.81. The molecule has 1 fully saturated rings. The van der Waals surface area contributed by atoms with Crippen molar-refractivity contribution < 1.29 is 4.79 Å². The van der Waals surface area contributed by atoms with E-state index in [0.717, 1.165) is 11.4 Å². The van der Waals surface area contributed by atoms with Gasteiger partial charge in [-0.1, -0.05) is 12.1 Å². The Bertz CT molecular complexity index is 383. The molecule has 0 saturated carbocycles. The van der Waals surface area contributed by atoms with Crippen molar-refractivity contribution in [3.8, 4) is 0 Å². The highest BCUT2D eigenvalue weighted by atomic mass is 16.2. The van der Waals surface area contributed by atoms with E-state index in [2.05, 4.69) is 11.6 Å². The second-order valence-electron chi connectivity index (χ2n) is 3.90. The first-order valence-electron chi connectivity index (χ1n) is 5.06. The van der Waals surface area contributed by atoms with Crippen LogP contribution in [0.4, 0.5) is 5.82 Å². The predicted molar refractivity (Wildman–Crippen MR) is 59.6 cm³/mol. The van der Waals surface area contributed by atoms with E-state index >= 15 is 0 Å². The fourth-order valence-electron chi connectivity index (χ4n) is 1.73. The summed E-state index contributed by atoms with van der Waals surface area (Å²) in [6, 6.07) is 3.86. The van der Waals surface area contributed by atoms with Crippen LogP contribution in [0.25, 0.3) is 0 Å². The lowest BCUT2D eigenvalue weighted by molar-refractivity contribution is -0.117. The van der Waals surface area contributed by atoms with Gasteiger partial charge in [-0.25, -0.2) is 4.98 Å². The molecule has 2 heterocycles. The highest BCUT2D eigenvalue weighted by Gasteiger charge is 2.29. The van der Waals surface area contributed by atoms with Gasteiger partial charge in [-0.05, 0) is 18.6 Å². The molecule has 3 nitrogen and oxygen atoms in total. The molecule has 1 aromatic rings. The van der Waals surface area contributed by atoms with Crippen molar-refractivity contribution in [3.05, 3.63) is 36.5 Å². The monoisotopic (exact) mass is 202 g/mol. The van der Waals surface area contributed by atoms with Crippen LogP contribution in [0.1, 0.15) is 12.0 Å². The largest absolute Gasteiger partial charge is 0.296 e. The van der Waals surface area contributed by atoms with Crippen molar-refractivity contribution in [2.75, 3.05) is 11.4 Å². The average molecular weight is 202 g/mol. The average Bonchev–Trinajstić information content (AvgIpc) is 2.61. The molecule has 1 unspecified atom stereocenters. The SMILES string of the molecule is C=CC1CC(=O)N(c2ccc(C)cn2)C1. The smallest absolute Gasteiger partial charge is 0.228 e. The second kappa shape index (κ2) is 3.85. The first-order chi connectivity index (χ1) is 7.20. The van der Waals surface area contributed by atoms with Crippen molar-refractivity contribution in [2.45, 2.75) is 13.3 Å². The summed E-state index contributed by atoms with van der Waals surface area (Å²) in [5.41, 5.74) is 1.10. The third-order valence-corrected chi connectivity index (χ3v) is 2.66. The van der Waals surface area contributed by atoms with Gasteiger partial charge in [0.1, 0.15) is 5.82 Å². The van der Waals surface area contributed by atoms with Crippen molar-refractivity contribution in [2.24, 2.45) is 5.92 Å². The molecule has 1 aliphatic heterocycles. The molecule has 3 heteroatoms. The molecular formula is C12H14N2O. The minimum atomic E-state index is 0.135. The number of carbonyl (C=O) groups excluding carboxylic acids is 1. The van der Waals surface area contributed by atoms with Crippen LogP contribution in [-0.2, 0) is 4.79 Å². The maximum Gasteiger partial charge on any atom is 0.228 e. The first-order valence-corrected chi connectivity index (χ1v) is 5.06. The highest BCUT2D eigenvalue weighted by Crippen LogP contribution is 2.23. The van der Waals surface area contributed by atoms with E-state index in [4.69, 9.17) is 0 Å². The third-order valence-electron chi connectivity index (χ3n) is 2.66. The molecule has 0 spiro atoms. The van der Waals surface area contributed by atoms with Crippen LogP contribution in [0.5, 0.6) is 0 Å². The number of aryl methyl sites for hydroxylation is 1. The predicted octanol–water partition coefficient (Wildman–Crippen LogP) is 1.93. The van der Waals surface area contributed by atoms with E-state index < -0.39 is 0 Å². The maximum atomic E-state index is 11.7. The molecule has 78 valence electrons. The van der Waals surface area contributed by atoms with Gasteiger partial charge in [0.05, 0.1) is 0 Å². The molecule has 1 saturated heterocycles. The molecule has 0 aliphatic carbocycles. The van der Waals surface area contributed by atoms with Crippen molar-refractivity contribution in [3.63, 3.8) is 0 Å². The van der Waals surface area contributed by atoms with Crippen molar-refractivity contribution >= 4 is 11.7 Å². The van der Waals surface area contributed by atoms with Crippen molar-refractivity contribution in [1.29, 1.82) is 0 Å². The summed E-state index contributed by atoms with van der Waals surface area (Å²) in [5, 5.41) is 0. The van der Waals surface area contributed by atoms with E-state index in [-0.39, 0.29) is 11.8 Å². The Kier molecular flexibility index (Phi) is 2.54. The fraction of sp³-hybridized carbons (Fsp3) is 0.333. The summed E-state index contributed by atoms with van der Waals surface area (Å²) >= 11 is 0. The zero-order valence-electron chi connectivity index (χ0n) is 8.81. The van der Waals surface area contributed by atoms with E-state index in [1.54, 1.807) is 11.1 Å². The first kappa shape index (κ1) is 9.90. The lowest BCUT2D eigenvalue weighted by Gasteiger charge is -2.14. The summed E-state index contributed by atoms with van der Waals surface area (Å²) in [7, 11) is 0. The minimum Gasteiger partial charge on any atom is -0.296 e. The molecule has 1 aromatic heterocycles. The van der Waals surface area contributed by atoms with Gasteiger partial charge in [-0.3, -0.25) is 9.69 Å². The van der Waals surface area contributed by atoms with Crippen molar-refractivity contribution in [1.82, 2.24) is 4.98 Å². The number of amides is 1. The fourth-order valence-corrected chi connectivity index (χ4v) is 1.73. The Morgan fingerprint density at radius 1 is 1.60 bits per heavy atom. The number of anilines is 1. The lowest BCUT2D eigenvalue weighted by Crippen LogP contribution is -2.25. The Balaban J connectivity index is 2.21. The quantitative estimate of drug-likeness (QED) is 0.686. The summed E-state index contributed by atoms with van der Waals surface area (Å²) in [6.07, 6.45) is 4.18. The number of pyridine rings is 1. The third kappa shape index (κ3) is 1.91. The zero-order chi connectivity index (χ0) is 10.8. The van der Waals surface area contributed by atoms with Gasteiger partial charge in [0.25, 0.3) is 0 Å². The number of hydrogen-bond donors (Lipinski definition) is 0. The summed E-state index contributed by atoms with van der Waals surface area (Å²) in [4.78, 5) is 17.6. The van der Waals surface area contributed by atoms with Gasteiger partial charge >= 0.3 is 0 Å². The lowest BCUT2D eigenvalue weighted by atomic mass is 10.1. The van der Waals surface area contributed by atoms with Crippen LogP contribution >= 0.6 is 0 Å². The van der Waals surface area contributed by atoms with Crippen LogP contribution in [0.2, 0.25) is 0 Å². The topological polar surface area (TPSA) is 33.2 Å². The van der Waals surface area contributed by atoms with Gasteiger partial charge in [0.15, 0.2) is 0 Å². The molecule has 0 aromatic carbocycles. The summed E-state index contributed by atoms with van der Waals surface area (Å²) in [5.74, 6) is 1.15. The van der Waals surface area contributed by atoms with Gasteiger partial charge in [-0.15, -0.1) is 6.58 Å². The Morgan fingerprint density at radius 2 is 2.40 bits per heavy atom. The maximum absolute atomic E-state index is 11.7. The van der Waals surface area contributed by atoms with Crippen LogP contribution in [0.3, 0.4) is 0 Å². The van der Waals surface area contributed by atoms with Crippen LogP contribution < -0.4 is 4.90 Å². The normalized spacial score (nSPS) is 20.7. The van der Waals surface area contributed by atoms with Crippen LogP contribution in [-0.4, -0.2) is 17.4 Å². The molecule has 1 amide bonds. The molecule has 15 heavy (non-hydrogen) atoms. The molecule has 0 radical (unpaired) electrons. The number of hydrogen-bond acceptors (Lipinski definition) is 2. The van der Waals surface area contributed by atoms with E-state index in [1.807, 2.05) is 25.1 Å². The number of rotatable bonds is 2. The van der Waals surface area contributed by atoms with Crippen LogP contribution in [0.15, 0.2) is 31.0 Å². The second-order valence-corrected chi connectivity index (χ2v) is 3.90. The van der Waals surface area contributed by atoms with E-state index in [9.17, 15) is 4.79 Å². The number of nitrogens with zero attached hydrogens (tertiary/aromatic N) is 2. The molecule has 1 aliphatic rings. The van der Waals surface area contributed by atoms with Gasteiger partial charge < -0.3 is 0 Å². The molecule has 2 rings (SSSR count). The molecular weight excluding hydrogens is 188 g/mol. The Labute approximate surface area is 89.4 Å². The van der Waals surface area contributed by atoms with Gasteiger partial charge in [0.2, 0.25) is 5.91 Å². The van der Waals surface area contributed by atoms with Gasteiger partial charge in [0, 0.05) is 25.1 Å². The molecule has 0 bridgehead atoms. The Morgan fingerprint density at radius 3 is 2.93 bits per heavy atom. The van der Waals surface area contributed by atoms with Crippen LogP contribution in [0, 0.1) is 12.8 Å².